The number of nitrogens with zero attached hydrogens (tertiary/aromatic N) is 1. The van der Waals surface area contributed by atoms with Gasteiger partial charge >= 0.3 is 0 Å². The van der Waals surface area contributed by atoms with Crippen molar-refractivity contribution in [2.45, 2.75) is 55.4 Å². The van der Waals surface area contributed by atoms with Crippen LogP contribution in [0.25, 0.3) is 0 Å². The van der Waals surface area contributed by atoms with Gasteiger partial charge in [0.1, 0.15) is 6.67 Å². The lowest BCUT2D eigenvalue weighted by Crippen LogP contribution is -2.34. The van der Waals surface area contributed by atoms with Gasteiger partial charge in [0.25, 0.3) is 0 Å². The van der Waals surface area contributed by atoms with Gasteiger partial charge in [-0.15, -0.1) is 0 Å². The molecule has 0 bridgehead atoms. The van der Waals surface area contributed by atoms with Gasteiger partial charge in [-0.05, 0) is 25.8 Å². The number of aliphatic imine (C=N–C) groups is 1. The highest BCUT2D eigenvalue weighted by atomic mass is 16.2. The predicted octanol–water partition coefficient (Wildman–Crippen LogP) is 3.60. The fraction of sp³-hybridized carbons (Fsp3) is 0.750. The molecule has 1 amide bonds. The number of rotatable bonds is 5. The fourth-order valence-electron chi connectivity index (χ4n) is 0.814. The molecular formula is C16H35N3O. The van der Waals surface area contributed by atoms with Crippen LogP contribution < -0.4 is 10.6 Å². The third-order valence-corrected chi connectivity index (χ3v) is 1.84. The summed E-state index contributed by atoms with van der Waals surface area (Å²) in [4.78, 5) is 14.5. The zero-order chi connectivity index (χ0) is 16.6. The van der Waals surface area contributed by atoms with E-state index in [1.165, 1.54) is 0 Å². The van der Waals surface area contributed by atoms with E-state index >= 15 is 0 Å². The van der Waals surface area contributed by atoms with E-state index in [2.05, 4.69) is 36.2 Å². The van der Waals surface area contributed by atoms with Gasteiger partial charge in [-0.25, -0.2) is 0 Å². The Morgan fingerprint density at radius 1 is 1.30 bits per heavy atom. The minimum absolute atomic E-state index is 0.0000926. The van der Waals surface area contributed by atoms with Crippen molar-refractivity contribution >= 4 is 12.6 Å². The topological polar surface area (TPSA) is 53.5 Å². The molecule has 0 aromatic rings. The highest BCUT2D eigenvalue weighted by Crippen LogP contribution is 2.11. The van der Waals surface area contributed by atoms with Crippen LogP contribution in [0.4, 0.5) is 0 Å². The van der Waals surface area contributed by atoms with E-state index in [4.69, 9.17) is 0 Å². The Morgan fingerprint density at radius 2 is 1.80 bits per heavy atom. The minimum Gasteiger partial charge on any atom is -0.391 e. The number of amides is 1. The number of hydrogen-bond acceptors (Lipinski definition) is 3. The molecule has 0 rings (SSSR count). The molecule has 0 aliphatic heterocycles. The predicted molar refractivity (Wildman–Crippen MR) is 91.0 cm³/mol. The van der Waals surface area contributed by atoms with E-state index in [0.29, 0.717) is 6.67 Å². The Labute approximate surface area is 126 Å². The monoisotopic (exact) mass is 285 g/mol. The summed E-state index contributed by atoms with van der Waals surface area (Å²) >= 11 is 0. The lowest BCUT2D eigenvalue weighted by Gasteiger charge is -2.16. The summed E-state index contributed by atoms with van der Waals surface area (Å²) in [7, 11) is 0. The van der Waals surface area contributed by atoms with E-state index in [1.54, 1.807) is 0 Å². The molecule has 0 aromatic heterocycles. The Hall–Kier alpha value is -1.32. The van der Waals surface area contributed by atoms with Gasteiger partial charge in [-0.1, -0.05) is 54.5 Å². The first-order valence-electron chi connectivity index (χ1n) is 7.31. The highest BCUT2D eigenvalue weighted by molar-refractivity contribution is 5.81. The van der Waals surface area contributed by atoms with Crippen LogP contribution in [0.1, 0.15) is 55.4 Å². The summed E-state index contributed by atoms with van der Waals surface area (Å²) in [6, 6.07) is 0. The average molecular weight is 285 g/mol. The SMILES string of the molecule is C/C=C/NCC(C)C.C=NCNC(=O)C(C)(C)C.CC. The summed E-state index contributed by atoms with van der Waals surface area (Å²) in [5, 5.41) is 5.76. The molecule has 0 aliphatic rings. The second kappa shape index (κ2) is 15.7. The van der Waals surface area contributed by atoms with Gasteiger partial charge in [0, 0.05) is 12.0 Å². The van der Waals surface area contributed by atoms with Crippen molar-refractivity contribution in [2.75, 3.05) is 13.2 Å². The molecular weight excluding hydrogens is 250 g/mol. The molecule has 0 saturated heterocycles. The van der Waals surface area contributed by atoms with E-state index in [1.807, 2.05) is 53.8 Å². The summed E-state index contributed by atoms with van der Waals surface area (Å²) in [5.74, 6) is 0.742. The standard InChI is InChI=1S/C7H14N2O.C7H15N.C2H6/c1-7(2,3)6(10)9-5-8-4;1-4-5-8-6-7(2)3;1-2/h4-5H2,1-3H3,(H,9,10);4-5,7-8H,6H2,1-3H3;1-2H3/b;5-4+;. The lowest BCUT2D eigenvalue weighted by molar-refractivity contribution is -0.128. The van der Waals surface area contributed by atoms with Crippen LogP contribution >= 0.6 is 0 Å². The zero-order valence-electron chi connectivity index (χ0n) is 14.7. The third kappa shape index (κ3) is 21.9. The van der Waals surface area contributed by atoms with Crippen LogP contribution in [0.2, 0.25) is 0 Å². The average Bonchev–Trinajstić information content (AvgIpc) is 2.38. The number of hydrogen-bond donors (Lipinski definition) is 2. The van der Waals surface area contributed by atoms with Crippen molar-refractivity contribution in [3.8, 4) is 0 Å². The summed E-state index contributed by atoms with van der Waals surface area (Å²) in [5.41, 5.74) is -0.329. The second-order valence-electron chi connectivity index (χ2n) is 5.44. The fourth-order valence-corrected chi connectivity index (χ4v) is 0.814. The van der Waals surface area contributed by atoms with Crippen molar-refractivity contribution in [2.24, 2.45) is 16.3 Å². The number of allylic oxidation sites excluding steroid dienone is 1. The lowest BCUT2D eigenvalue weighted by atomic mass is 9.96. The molecule has 4 heteroatoms. The maximum Gasteiger partial charge on any atom is 0.226 e. The maximum atomic E-state index is 11.0. The van der Waals surface area contributed by atoms with Crippen molar-refractivity contribution in [1.82, 2.24) is 10.6 Å². The molecule has 0 spiro atoms. The Balaban J connectivity index is -0.000000262. The molecule has 0 aromatic carbocycles. The van der Waals surface area contributed by atoms with Crippen LogP contribution in [-0.2, 0) is 4.79 Å². The van der Waals surface area contributed by atoms with E-state index in [9.17, 15) is 4.79 Å². The smallest absolute Gasteiger partial charge is 0.226 e. The van der Waals surface area contributed by atoms with Crippen LogP contribution in [-0.4, -0.2) is 25.8 Å². The molecule has 2 N–H and O–H groups in total. The zero-order valence-corrected chi connectivity index (χ0v) is 14.7. The molecule has 0 saturated carbocycles. The highest BCUT2D eigenvalue weighted by Gasteiger charge is 2.19. The molecule has 0 aliphatic carbocycles. The Kier molecular flexibility index (Phi) is 18.7. The van der Waals surface area contributed by atoms with Gasteiger partial charge in [-0.2, -0.15) is 0 Å². The number of carbonyl (C=O) groups is 1. The van der Waals surface area contributed by atoms with Gasteiger partial charge in [0.2, 0.25) is 5.91 Å². The maximum absolute atomic E-state index is 11.0. The number of carbonyl (C=O) groups excluding carboxylic acids is 1. The molecule has 0 heterocycles. The third-order valence-electron chi connectivity index (χ3n) is 1.84. The normalized spacial score (nSPS) is 10.1. The van der Waals surface area contributed by atoms with Crippen molar-refractivity contribution in [3.63, 3.8) is 0 Å². The minimum atomic E-state index is -0.329. The first kappa shape index (κ1) is 23.7. The van der Waals surface area contributed by atoms with E-state index < -0.39 is 0 Å². The van der Waals surface area contributed by atoms with Gasteiger partial charge in [0.05, 0.1) is 0 Å². The molecule has 0 radical (unpaired) electrons. The van der Waals surface area contributed by atoms with Gasteiger partial charge in [-0.3, -0.25) is 9.79 Å². The van der Waals surface area contributed by atoms with Gasteiger partial charge < -0.3 is 10.6 Å². The Morgan fingerprint density at radius 3 is 2.10 bits per heavy atom. The molecule has 120 valence electrons. The summed E-state index contributed by atoms with van der Waals surface area (Å²) < 4.78 is 0. The van der Waals surface area contributed by atoms with Gasteiger partial charge in [0.15, 0.2) is 0 Å². The van der Waals surface area contributed by atoms with Crippen LogP contribution in [0.15, 0.2) is 17.3 Å². The van der Waals surface area contributed by atoms with Crippen molar-refractivity contribution in [3.05, 3.63) is 12.3 Å². The van der Waals surface area contributed by atoms with Crippen molar-refractivity contribution in [1.29, 1.82) is 0 Å². The second-order valence-corrected chi connectivity index (χ2v) is 5.44. The van der Waals surface area contributed by atoms with Crippen LogP contribution in [0, 0.1) is 11.3 Å². The number of nitrogens with one attached hydrogen (secondary N) is 2. The quantitative estimate of drug-likeness (QED) is 0.758. The molecule has 4 nitrogen and oxygen atoms in total. The Bertz CT molecular complexity index is 253. The van der Waals surface area contributed by atoms with Crippen LogP contribution in [0.3, 0.4) is 0 Å². The molecule has 0 fully saturated rings. The summed E-state index contributed by atoms with van der Waals surface area (Å²) in [6.07, 6.45) is 3.97. The first-order valence-corrected chi connectivity index (χ1v) is 7.31. The molecule has 20 heavy (non-hydrogen) atoms. The van der Waals surface area contributed by atoms with Crippen LogP contribution in [0.5, 0.6) is 0 Å². The first-order chi connectivity index (χ1) is 9.25. The molecule has 0 atom stereocenters. The van der Waals surface area contributed by atoms with E-state index in [-0.39, 0.29) is 11.3 Å². The van der Waals surface area contributed by atoms with Crippen molar-refractivity contribution < 1.29 is 4.79 Å². The largest absolute Gasteiger partial charge is 0.391 e. The van der Waals surface area contributed by atoms with E-state index in [0.717, 1.165) is 12.5 Å². The summed E-state index contributed by atoms with van der Waals surface area (Å²) in [6.45, 7) is 20.6. The molecule has 0 unspecified atom stereocenters.